The van der Waals surface area contributed by atoms with Gasteiger partial charge in [0.2, 0.25) is 0 Å². The minimum atomic E-state index is 0. The number of methoxy groups -OCH3 is 2. The third-order valence-electron chi connectivity index (χ3n) is 4.05. The number of anilines is 1. The maximum atomic E-state index is 6.08. The number of aromatic nitrogens is 1. The van der Waals surface area contributed by atoms with Crippen LogP contribution in [0.3, 0.4) is 0 Å². The molecule has 0 aliphatic heterocycles. The van der Waals surface area contributed by atoms with Crippen LogP contribution in [-0.4, -0.2) is 31.7 Å². The molecule has 0 saturated carbocycles. The minimum Gasteiger partial charge on any atom is -0.493 e. The van der Waals surface area contributed by atoms with Gasteiger partial charge in [-0.05, 0) is 42.3 Å². The number of aliphatic imine (C=N–C) groups is 1. The highest BCUT2D eigenvalue weighted by molar-refractivity contribution is 14.0. The van der Waals surface area contributed by atoms with Crippen molar-refractivity contribution in [2.75, 3.05) is 26.1 Å². The molecular formula is C19H22ClIN4O2. The van der Waals surface area contributed by atoms with E-state index < -0.39 is 0 Å². The van der Waals surface area contributed by atoms with Crippen LogP contribution in [0.5, 0.6) is 11.5 Å². The first-order chi connectivity index (χ1) is 12.6. The summed E-state index contributed by atoms with van der Waals surface area (Å²) in [5, 5.41) is 4.89. The molecule has 2 aromatic carbocycles. The summed E-state index contributed by atoms with van der Waals surface area (Å²) in [5.74, 6) is 1.63. The Labute approximate surface area is 180 Å². The van der Waals surface area contributed by atoms with Crippen LogP contribution in [0.25, 0.3) is 10.9 Å². The van der Waals surface area contributed by atoms with Gasteiger partial charge in [-0.2, -0.15) is 0 Å². The highest BCUT2D eigenvalue weighted by Gasteiger charge is 2.06. The lowest BCUT2D eigenvalue weighted by atomic mass is 10.1. The zero-order chi connectivity index (χ0) is 18.5. The van der Waals surface area contributed by atoms with E-state index in [9.17, 15) is 0 Å². The summed E-state index contributed by atoms with van der Waals surface area (Å²) in [7, 11) is 3.19. The van der Waals surface area contributed by atoms with Crippen LogP contribution in [0.2, 0.25) is 5.02 Å². The molecule has 1 heterocycles. The van der Waals surface area contributed by atoms with E-state index in [1.165, 1.54) is 0 Å². The monoisotopic (exact) mass is 500 g/mol. The molecule has 8 heteroatoms. The second-order valence-electron chi connectivity index (χ2n) is 5.72. The number of benzene rings is 2. The summed E-state index contributed by atoms with van der Waals surface area (Å²) in [4.78, 5) is 7.62. The largest absolute Gasteiger partial charge is 0.493 e. The average molecular weight is 501 g/mol. The Morgan fingerprint density at radius 1 is 1.15 bits per heavy atom. The molecule has 0 saturated heterocycles. The number of rotatable bonds is 6. The Bertz CT molecular complexity index is 943. The number of nitrogens with zero attached hydrogens (tertiary/aromatic N) is 1. The first kappa shape index (κ1) is 21.2. The van der Waals surface area contributed by atoms with Crippen molar-refractivity contribution in [3.63, 3.8) is 0 Å². The predicted molar refractivity (Wildman–Crippen MR) is 122 cm³/mol. The maximum Gasteiger partial charge on any atom is 0.193 e. The number of hydrogen-bond acceptors (Lipinski definition) is 3. The number of guanidine groups is 1. The van der Waals surface area contributed by atoms with Gasteiger partial charge in [0, 0.05) is 40.4 Å². The molecule has 0 spiro atoms. The van der Waals surface area contributed by atoms with E-state index in [1.807, 2.05) is 42.6 Å². The lowest BCUT2D eigenvalue weighted by Gasteiger charge is -2.10. The minimum absolute atomic E-state index is 0. The number of ether oxygens (including phenoxy) is 2. The van der Waals surface area contributed by atoms with Crippen molar-refractivity contribution in [3.05, 3.63) is 53.2 Å². The van der Waals surface area contributed by atoms with E-state index in [1.54, 1.807) is 14.2 Å². The van der Waals surface area contributed by atoms with Gasteiger partial charge in [0.1, 0.15) is 0 Å². The second-order valence-corrected chi connectivity index (χ2v) is 6.15. The molecule has 0 amide bonds. The zero-order valence-electron chi connectivity index (χ0n) is 15.1. The standard InChI is InChI=1S/C19H21ClN4O2.HI/c1-25-17-6-4-14(10-18(17)26-2)24-19(21)22-8-7-12-11-23-16-5-3-13(20)9-15(12)16;/h3-6,9-11,23H,7-8H2,1-2H3,(H3,21,22,24);1H. The van der Waals surface area contributed by atoms with Crippen molar-refractivity contribution in [1.82, 2.24) is 4.98 Å². The van der Waals surface area contributed by atoms with Gasteiger partial charge in [0.05, 0.1) is 14.2 Å². The summed E-state index contributed by atoms with van der Waals surface area (Å²) in [6.45, 7) is 0.561. The number of hydrogen-bond donors (Lipinski definition) is 3. The van der Waals surface area contributed by atoms with Gasteiger partial charge in [0.15, 0.2) is 17.5 Å². The fourth-order valence-corrected chi connectivity index (χ4v) is 2.93. The molecular weight excluding hydrogens is 479 g/mol. The van der Waals surface area contributed by atoms with E-state index in [0.29, 0.717) is 24.0 Å². The van der Waals surface area contributed by atoms with Gasteiger partial charge < -0.3 is 25.5 Å². The Morgan fingerprint density at radius 3 is 2.67 bits per heavy atom. The summed E-state index contributed by atoms with van der Waals surface area (Å²) >= 11 is 6.08. The molecule has 0 bridgehead atoms. The van der Waals surface area contributed by atoms with Gasteiger partial charge in [-0.1, -0.05) is 11.6 Å². The fraction of sp³-hybridized carbons (Fsp3) is 0.211. The predicted octanol–water partition coefficient (Wildman–Crippen LogP) is 4.43. The Kier molecular flexibility index (Phi) is 7.61. The molecule has 144 valence electrons. The maximum absolute atomic E-state index is 6.08. The number of fused-ring (bicyclic) bond motifs is 1. The van der Waals surface area contributed by atoms with Crippen LogP contribution in [0.15, 0.2) is 47.6 Å². The Morgan fingerprint density at radius 2 is 1.93 bits per heavy atom. The lowest BCUT2D eigenvalue weighted by Crippen LogP contribution is -2.23. The molecule has 1 aromatic heterocycles. The highest BCUT2D eigenvalue weighted by atomic mass is 127. The zero-order valence-corrected chi connectivity index (χ0v) is 18.2. The molecule has 0 fully saturated rings. The van der Waals surface area contributed by atoms with Gasteiger partial charge >= 0.3 is 0 Å². The van der Waals surface area contributed by atoms with E-state index >= 15 is 0 Å². The summed E-state index contributed by atoms with van der Waals surface area (Å²) in [6.07, 6.45) is 2.74. The molecule has 27 heavy (non-hydrogen) atoms. The van der Waals surface area contributed by atoms with Crippen molar-refractivity contribution < 1.29 is 9.47 Å². The molecule has 6 nitrogen and oxygen atoms in total. The van der Waals surface area contributed by atoms with E-state index in [2.05, 4.69) is 15.3 Å². The Hall–Kier alpha value is -2.13. The van der Waals surface area contributed by atoms with Gasteiger partial charge in [0.25, 0.3) is 0 Å². The van der Waals surface area contributed by atoms with Crippen LogP contribution in [0.4, 0.5) is 5.69 Å². The molecule has 4 N–H and O–H groups in total. The summed E-state index contributed by atoms with van der Waals surface area (Å²) in [5.41, 5.74) is 8.98. The molecule has 0 atom stereocenters. The number of nitrogens with one attached hydrogen (secondary N) is 2. The van der Waals surface area contributed by atoms with Crippen LogP contribution in [0.1, 0.15) is 5.56 Å². The highest BCUT2D eigenvalue weighted by Crippen LogP contribution is 2.29. The summed E-state index contributed by atoms with van der Waals surface area (Å²) < 4.78 is 10.5. The van der Waals surface area contributed by atoms with Crippen LogP contribution in [0, 0.1) is 0 Å². The van der Waals surface area contributed by atoms with Crippen molar-refractivity contribution in [3.8, 4) is 11.5 Å². The van der Waals surface area contributed by atoms with Gasteiger partial charge in [-0.25, -0.2) is 0 Å². The van der Waals surface area contributed by atoms with Crippen molar-refractivity contribution in [2.45, 2.75) is 6.42 Å². The fourth-order valence-electron chi connectivity index (χ4n) is 2.76. The molecule has 0 unspecified atom stereocenters. The van der Waals surface area contributed by atoms with E-state index in [4.69, 9.17) is 26.8 Å². The number of H-pyrrole nitrogens is 1. The molecule has 3 aromatic rings. The third-order valence-corrected chi connectivity index (χ3v) is 4.28. The molecule has 0 aliphatic carbocycles. The van der Waals surface area contributed by atoms with Gasteiger partial charge in [-0.15, -0.1) is 24.0 Å². The molecule has 0 radical (unpaired) electrons. The topological polar surface area (TPSA) is 84.7 Å². The van der Waals surface area contributed by atoms with Crippen molar-refractivity contribution in [1.29, 1.82) is 0 Å². The second kappa shape index (κ2) is 9.70. The number of nitrogens with two attached hydrogens (primary N) is 1. The average Bonchev–Trinajstić information content (AvgIpc) is 3.03. The Balaban J connectivity index is 0.00000261. The normalized spacial score (nSPS) is 11.1. The quantitative estimate of drug-likeness (QED) is 0.266. The molecule has 0 aliphatic rings. The lowest BCUT2D eigenvalue weighted by molar-refractivity contribution is 0.355. The number of halogens is 2. The van der Waals surface area contributed by atoms with E-state index in [0.717, 1.165) is 33.6 Å². The smallest absolute Gasteiger partial charge is 0.193 e. The number of aromatic amines is 1. The molecule has 3 rings (SSSR count). The van der Waals surface area contributed by atoms with E-state index in [-0.39, 0.29) is 24.0 Å². The van der Waals surface area contributed by atoms with Crippen molar-refractivity contribution >= 4 is 58.1 Å². The summed E-state index contributed by atoms with van der Waals surface area (Å²) in [6, 6.07) is 11.3. The first-order valence-electron chi connectivity index (χ1n) is 8.15. The van der Waals surface area contributed by atoms with Gasteiger partial charge in [-0.3, -0.25) is 4.99 Å². The van der Waals surface area contributed by atoms with Crippen LogP contribution >= 0.6 is 35.6 Å². The SMILES string of the molecule is COc1ccc(NC(N)=NCCc2c[nH]c3ccc(Cl)cc23)cc1OC.I. The van der Waals surface area contributed by atoms with Crippen molar-refractivity contribution in [2.24, 2.45) is 10.7 Å². The van der Waals surface area contributed by atoms with Crippen LogP contribution in [-0.2, 0) is 6.42 Å². The first-order valence-corrected chi connectivity index (χ1v) is 8.53. The van der Waals surface area contributed by atoms with Crippen LogP contribution < -0.4 is 20.5 Å². The third kappa shape index (κ3) is 5.20.